The molecule has 0 spiro atoms. The van der Waals surface area contributed by atoms with Crippen molar-refractivity contribution in [2.45, 2.75) is 46.0 Å². The van der Waals surface area contributed by atoms with Crippen LogP contribution < -0.4 is 10.5 Å². The molecule has 0 saturated carbocycles. The summed E-state index contributed by atoms with van der Waals surface area (Å²) in [5.74, 6) is 0.675. The van der Waals surface area contributed by atoms with E-state index in [0.29, 0.717) is 12.5 Å². The van der Waals surface area contributed by atoms with E-state index in [1.807, 2.05) is 13.8 Å². The molecule has 0 aliphatic heterocycles. The fourth-order valence-corrected chi connectivity index (χ4v) is 2.69. The summed E-state index contributed by atoms with van der Waals surface area (Å²) in [5.41, 5.74) is 5.37. The van der Waals surface area contributed by atoms with Crippen LogP contribution in [0.15, 0.2) is 0 Å². The quantitative estimate of drug-likeness (QED) is 0.577. The van der Waals surface area contributed by atoms with E-state index < -0.39 is 10.0 Å². The molecule has 0 unspecified atom stereocenters. The lowest BCUT2D eigenvalue weighted by Crippen LogP contribution is -2.27. The third-order valence-corrected chi connectivity index (χ3v) is 3.83. The van der Waals surface area contributed by atoms with E-state index in [0.717, 1.165) is 38.6 Å². The van der Waals surface area contributed by atoms with Gasteiger partial charge in [-0.2, -0.15) is 0 Å². The normalized spacial score (nSPS) is 12.2. The van der Waals surface area contributed by atoms with E-state index in [9.17, 15) is 8.42 Å². The average Bonchev–Trinajstić information content (AvgIpc) is 2.21. The maximum atomic E-state index is 11.5. The third kappa shape index (κ3) is 10.4. The molecule has 0 aliphatic carbocycles. The molecule has 0 aliphatic rings. The fraction of sp³-hybridized carbons (Fsp3) is 1.00. The lowest BCUT2D eigenvalue weighted by Gasteiger charge is -2.08. The molecule has 0 amide bonds. The first-order chi connectivity index (χ1) is 7.48. The molecule has 0 fully saturated rings. The Morgan fingerprint density at radius 1 is 1.12 bits per heavy atom. The third-order valence-electron chi connectivity index (χ3n) is 2.42. The van der Waals surface area contributed by atoms with Crippen LogP contribution in [0.3, 0.4) is 0 Å². The highest BCUT2D eigenvalue weighted by Crippen LogP contribution is 2.02. The van der Waals surface area contributed by atoms with Gasteiger partial charge in [0.15, 0.2) is 0 Å². The van der Waals surface area contributed by atoms with Crippen LogP contribution in [0.4, 0.5) is 0 Å². The van der Waals surface area contributed by atoms with E-state index in [1.54, 1.807) is 0 Å². The minimum atomic E-state index is -3.04. The van der Waals surface area contributed by atoms with Crippen LogP contribution in [-0.2, 0) is 10.0 Å². The SMILES string of the molecule is CC(C)CCS(=O)(=O)NCCCCCCN. The van der Waals surface area contributed by atoms with Gasteiger partial charge in [0.2, 0.25) is 10.0 Å². The van der Waals surface area contributed by atoms with E-state index in [4.69, 9.17) is 5.73 Å². The van der Waals surface area contributed by atoms with E-state index in [2.05, 4.69) is 4.72 Å². The lowest BCUT2D eigenvalue weighted by atomic mass is 10.2. The molecule has 0 bridgehead atoms. The molecule has 98 valence electrons. The molecule has 3 N–H and O–H groups in total. The first-order valence-electron chi connectivity index (χ1n) is 6.15. The lowest BCUT2D eigenvalue weighted by molar-refractivity contribution is 0.556. The summed E-state index contributed by atoms with van der Waals surface area (Å²) in [6.45, 7) is 5.34. The standard InChI is InChI=1S/C11H26N2O2S/c1-11(2)7-10-16(14,15)13-9-6-4-3-5-8-12/h11,13H,3-10,12H2,1-2H3. The Balaban J connectivity index is 3.51. The molecule has 5 heteroatoms. The van der Waals surface area contributed by atoms with Gasteiger partial charge in [-0.15, -0.1) is 0 Å². The first kappa shape index (κ1) is 15.9. The van der Waals surface area contributed by atoms with Gasteiger partial charge in [-0.25, -0.2) is 13.1 Å². The molecule has 0 heterocycles. The van der Waals surface area contributed by atoms with Crippen LogP contribution in [0.1, 0.15) is 46.0 Å². The van der Waals surface area contributed by atoms with Gasteiger partial charge in [-0.05, 0) is 31.7 Å². The number of sulfonamides is 1. The minimum Gasteiger partial charge on any atom is -0.330 e. The smallest absolute Gasteiger partial charge is 0.211 e. The van der Waals surface area contributed by atoms with Crippen LogP contribution in [0, 0.1) is 5.92 Å². The summed E-state index contributed by atoms with van der Waals surface area (Å²) in [4.78, 5) is 0. The summed E-state index contributed by atoms with van der Waals surface area (Å²) >= 11 is 0. The molecule has 0 aromatic carbocycles. The van der Waals surface area contributed by atoms with Gasteiger partial charge in [0.05, 0.1) is 5.75 Å². The zero-order valence-electron chi connectivity index (χ0n) is 10.5. The number of nitrogens with one attached hydrogen (secondary N) is 1. The number of hydrogen-bond donors (Lipinski definition) is 2. The van der Waals surface area contributed by atoms with Crippen LogP contribution in [0.25, 0.3) is 0 Å². The maximum Gasteiger partial charge on any atom is 0.211 e. The molecule has 0 atom stereocenters. The second-order valence-electron chi connectivity index (χ2n) is 4.60. The van der Waals surface area contributed by atoms with Crippen LogP contribution in [0.2, 0.25) is 0 Å². The predicted octanol–water partition coefficient (Wildman–Crippen LogP) is 1.47. The van der Waals surface area contributed by atoms with Gasteiger partial charge in [-0.3, -0.25) is 0 Å². The second kappa shape index (κ2) is 8.96. The molecule has 16 heavy (non-hydrogen) atoms. The highest BCUT2D eigenvalue weighted by molar-refractivity contribution is 7.89. The minimum absolute atomic E-state index is 0.244. The zero-order valence-corrected chi connectivity index (χ0v) is 11.4. The highest BCUT2D eigenvalue weighted by Gasteiger charge is 2.09. The maximum absolute atomic E-state index is 11.5. The van der Waals surface area contributed by atoms with Crippen molar-refractivity contribution >= 4 is 10.0 Å². The molecule has 0 rings (SSSR count). The number of nitrogens with two attached hydrogens (primary N) is 1. The monoisotopic (exact) mass is 250 g/mol. The average molecular weight is 250 g/mol. The Labute approximate surface area is 100 Å². The highest BCUT2D eigenvalue weighted by atomic mass is 32.2. The molecular formula is C11H26N2O2S. The van der Waals surface area contributed by atoms with Crippen molar-refractivity contribution in [3.8, 4) is 0 Å². The zero-order chi connectivity index (χ0) is 12.4. The Morgan fingerprint density at radius 2 is 1.75 bits per heavy atom. The number of hydrogen-bond acceptors (Lipinski definition) is 3. The Hall–Kier alpha value is -0.130. The summed E-state index contributed by atoms with van der Waals surface area (Å²) in [6.07, 6.45) is 4.79. The molecular weight excluding hydrogens is 224 g/mol. The predicted molar refractivity (Wildman–Crippen MR) is 68.8 cm³/mol. The van der Waals surface area contributed by atoms with Gasteiger partial charge >= 0.3 is 0 Å². The topological polar surface area (TPSA) is 72.2 Å². The van der Waals surface area contributed by atoms with Crippen molar-refractivity contribution < 1.29 is 8.42 Å². The summed E-state index contributed by atoms with van der Waals surface area (Å²) in [7, 11) is -3.04. The molecule has 0 aromatic heterocycles. The van der Waals surface area contributed by atoms with Crippen molar-refractivity contribution in [1.29, 1.82) is 0 Å². The Morgan fingerprint density at radius 3 is 2.31 bits per heavy atom. The number of rotatable bonds is 10. The molecule has 0 aromatic rings. The summed E-state index contributed by atoms with van der Waals surface area (Å²) in [5, 5.41) is 0. The van der Waals surface area contributed by atoms with E-state index in [-0.39, 0.29) is 5.75 Å². The van der Waals surface area contributed by atoms with Crippen LogP contribution in [-0.4, -0.2) is 27.3 Å². The van der Waals surface area contributed by atoms with Crippen LogP contribution >= 0.6 is 0 Å². The molecule has 0 radical (unpaired) electrons. The van der Waals surface area contributed by atoms with Gasteiger partial charge in [0, 0.05) is 6.54 Å². The van der Waals surface area contributed by atoms with Gasteiger partial charge < -0.3 is 5.73 Å². The molecule has 0 saturated heterocycles. The second-order valence-corrected chi connectivity index (χ2v) is 6.53. The summed E-state index contributed by atoms with van der Waals surface area (Å²) in [6, 6.07) is 0. The largest absolute Gasteiger partial charge is 0.330 e. The van der Waals surface area contributed by atoms with Crippen molar-refractivity contribution in [2.24, 2.45) is 11.7 Å². The van der Waals surface area contributed by atoms with E-state index >= 15 is 0 Å². The van der Waals surface area contributed by atoms with Crippen molar-refractivity contribution in [3.05, 3.63) is 0 Å². The Kier molecular flexibility index (Phi) is 8.89. The van der Waals surface area contributed by atoms with Crippen molar-refractivity contribution in [3.63, 3.8) is 0 Å². The van der Waals surface area contributed by atoms with Gasteiger partial charge in [0.1, 0.15) is 0 Å². The Bertz CT molecular complexity index is 251. The van der Waals surface area contributed by atoms with Gasteiger partial charge in [-0.1, -0.05) is 26.7 Å². The van der Waals surface area contributed by atoms with Crippen LogP contribution in [0.5, 0.6) is 0 Å². The summed E-state index contributed by atoms with van der Waals surface area (Å²) < 4.78 is 25.6. The first-order valence-corrected chi connectivity index (χ1v) is 7.80. The van der Waals surface area contributed by atoms with Crippen molar-refractivity contribution in [1.82, 2.24) is 4.72 Å². The number of unbranched alkanes of at least 4 members (excludes halogenated alkanes) is 3. The fourth-order valence-electron chi connectivity index (χ4n) is 1.31. The van der Waals surface area contributed by atoms with E-state index in [1.165, 1.54) is 0 Å². The van der Waals surface area contributed by atoms with Crippen molar-refractivity contribution in [2.75, 3.05) is 18.8 Å². The van der Waals surface area contributed by atoms with Gasteiger partial charge in [0.25, 0.3) is 0 Å². The molecule has 4 nitrogen and oxygen atoms in total.